The number of nitrogens with two attached hydrogens (primary N) is 1. The first-order valence-corrected chi connectivity index (χ1v) is 7.41. The molecular formula is C10H22N2O3S. The van der Waals surface area contributed by atoms with Crippen LogP contribution < -0.4 is 10.5 Å². The van der Waals surface area contributed by atoms with Gasteiger partial charge >= 0.3 is 0 Å². The zero-order valence-corrected chi connectivity index (χ0v) is 10.8. The van der Waals surface area contributed by atoms with E-state index in [0.717, 1.165) is 12.8 Å². The van der Waals surface area contributed by atoms with E-state index in [9.17, 15) is 8.42 Å². The van der Waals surface area contributed by atoms with Gasteiger partial charge in [-0.1, -0.05) is 0 Å². The molecular weight excluding hydrogens is 228 g/mol. The van der Waals surface area contributed by atoms with Crippen molar-refractivity contribution in [1.82, 2.24) is 4.72 Å². The number of hydrogen-bond donors (Lipinski definition) is 2. The van der Waals surface area contributed by atoms with Gasteiger partial charge in [0.1, 0.15) is 0 Å². The molecule has 3 atom stereocenters. The second kappa shape index (κ2) is 5.95. The number of ether oxygens (including phenoxy) is 1. The van der Waals surface area contributed by atoms with E-state index in [1.807, 2.05) is 13.8 Å². The quantitative estimate of drug-likeness (QED) is 0.706. The molecule has 0 aromatic heterocycles. The summed E-state index contributed by atoms with van der Waals surface area (Å²) in [5.74, 6) is 0.0658. The summed E-state index contributed by atoms with van der Waals surface area (Å²) in [4.78, 5) is 0. The van der Waals surface area contributed by atoms with Crippen molar-refractivity contribution in [3.63, 3.8) is 0 Å². The Hall–Kier alpha value is -0.170. The van der Waals surface area contributed by atoms with Gasteiger partial charge in [-0.25, -0.2) is 13.1 Å². The summed E-state index contributed by atoms with van der Waals surface area (Å²) < 4.78 is 31.4. The molecule has 0 aliphatic carbocycles. The van der Waals surface area contributed by atoms with Crippen LogP contribution in [0.4, 0.5) is 0 Å². The van der Waals surface area contributed by atoms with Crippen LogP contribution in [0.25, 0.3) is 0 Å². The Morgan fingerprint density at radius 2 is 2.19 bits per heavy atom. The van der Waals surface area contributed by atoms with Crippen molar-refractivity contribution in [2.24, 2.45) is 5.73 Å². The highest BCUT2D eigenvalue weighted by Gasteiger charge is 2.24. The van der Waals surface area contributed by atoms with Crippen LogP contribution in [0.2, 0.25) is 0 Å². The van der Waals surface area contributed by atoms with Crippen LogP contribution >= 0.6 is 0 Å². The summed E-state index contributed by atoms with van der Waals surface area (Å²) in [6.07, 6.45) is 2.29. The largest absolute Gasteiger partial charge is 0.377 e. The average Bonchev–Trinajstić information content (AvgIpc) is 2.51. The molecule has 3 unspecified atom stereocenters. The Kier molecular flexibility index (Phi) is 5.17. The highest BCUT2D eigenvalue weighted by molar-refractivity contribution is 7.89. The Morgan fingerprint density at radius 3 is 2.69 bits per heavy atom. The maximum absolute atomic E-state index is 11.7. The van der Waals surface area contributed by atoms with E-state index in [4.69, 9.17) is 10.5 Å². The molecule has 1 aliphatic heterocycles. The second-order valence-corrected chi connectivity index (χ2v) is 6.45. The van der Waals surface area contributed by atoms with Crippen molar-refractivity contribution in [2.45, 2.75) is 51.3 Å². The van der Waals surface area contributed by atoms with Crippen LogP contribution in [-0.4, -0.2) is 39.0 Å². The maximum Gasteiger partial charge on any atom is 0.214 e. The number of sulfonamides is 1. The van der Waals surface area contributed by atoms with Gasteiger partial charge in [-0.3, -0.25) is 0 Å². The SMILES string of the molecule is CC(N)CC(C)NS(=O)(=O)CC1CCCO1. The van der Waals surface area contributed by atoms with Gasteiger partial charge < -0.3 is 10.5 Å². The van der Waals surface area contributed by atoms with Gasteiger partial charge in [0.15, 0.2) is 0 Å². The van der Waals surface area contributed by atoms with Crippen LogP contribution in [0, 0.1) is 0 Å². The summed E-state index contributed by atoms with van der Waals surface area (Å²) in [7, 11) is -3.24. The first-order valence-electron chi connectivity index (χ1n) is 5.76. The predicted octanol–water partition coefficient (Wildman–Crippen LogP) is 0.211. The van der Waals surface area contributed by atoms with Crippen LogP contribution in [-0.2, 0) is 14.8 Å². The molecule has 6 heteroatoms. The van der Waals surface area contributed by atoms with Gasteiger partial charge in [0, 0.05) is 18.7 Å². The molecule has 0 bridgehead atoms. The zero-order chi connectivity index (χ0) is 12.2. The van der Waals surface area contributed by atoms with Gasteiger partial charge in [-0.2, -0.15) is 0 Å². The molecule has 0 aromatic rings. The summed E-state index contributed by atoms with van der Waals surface area (Å²) >= 11 is 0. The Bertz CT molecular complexity index is 297. The normalized spacial score (nSPS) is 25.6. The van der Waals surface area contributed by atoms with E-state index in [-0.39, 0.29) is 23.9 Å². The van der Waals surface area contributed by atoms with E-state index < -0.39 is 10.0 Å². The Balaban J connectivity index is 2.38. The van der Waals surface area contributed by atoms with E-state index in [0.29, 0.717) is 13.0 Å². The third kappa shape index (κ3) is 5.25. The zero-order valence-electron chi connectivity index (χ0n) is 9.98. The van der Waals surface area contributed by atoms with Gasteiger partial charge in [0.05, 0.1) is 11.9 Å². The van der Waals surface area contributed by atoms with Crippen LogP contribution in [0.1, 0.15) is 33.1 Å². The standard InChI is InChI=1S/C10H22N2O3S/c1-8(11)6-9(2)12-16(13,14)7-10-4-3-5-15-10/h8-10,12H,3-7,11H2,1-2H3. The summed E-state index contributed by atoms with van der Waals surface area (Å²) in [6.45, 7) is 4.37. The molecule has 0 spiro atoms. The Morgan fingerprint density at radius 1 is 1.50 bits per heavy atom. The fourth-order valence-electron chi connectivity index (χ4n) is 1.98. The molecule has 96 valence electrons. The van der Waals surface area contributed by atoms with Crippen molar-refractivity contribution in [2.75, 3.05) is 12.4 Å². The third-order valence-electron chi connectivity index (χ3n) is 2.54. The number of rotatable bonds is 6. The van der Waals surface area contributed by atoms with Crippen molar-refractivity contribution in [1.29, 1.82) is 0 Å². The monoisotopic (exact) mass is 250 g/mol. The lowest BCUT2D eigenvalue weighted by Crippen LogP contribution is -2.40. The van der Waals surface area contributed by atoms with Gasteiger partial charge in [-0.15, -0.1) is 0 Å². The fraction of sp³-hybridized carbons (Fsp3) is 1.00. The number of hydrogen-bond acceptors (Lipinski definition) is 4. The minimum atomic E-state index is -3.24. The van der Waals surface area contributed by atoms with Crippen molar-refractivity contribution in [3.05, 3.63) is 0 Å². The molecule has 0 aromatic carbocycles. The summed E-state index contributed by atoms with van der Waals surface area (Å²) in [6, 6.07) is -0.119. The predicted molar refractivity (Wildman–Crippen MR) is 63.6 cm³/mol. The Labute approximate surface area is 97.8 Å². The lowest BCUT2D eigenvalue weighted by atomic mass is 10.1. The second-order valence-electron chi connectivity index (χ2n) is 4.65. The van der Waals surface area contributed by atoms with E-state index in [2.05, 4.69) is 4.72 Å². The molecule has 1 rings (SSSR count). The smallest absolute Gasteiger partial charge is 0.214 e. The maximum atomic E-state index is 11.7. The lowest BCUT2D eigenvalue weighted by molar-refractivity contribution is 0.127. The molecule has 5 nitrogen and oxygen atoms in total. The van der Waals surface area contributed by atoms with E-state index in [1.165, 1.54) is 0 Å². The van der Waals surface area contributed by atoms with Gasteiger partial charge in [0.2, 0.25) is 10.0 Å². The van der Waals surface area contributed by atoms with Crippen molar-refractivity contribution >= 4 is 10.0 Å². The molecule has 1 fully saturated rings. The molecule has 1 aliphatic rings. The van der Waals surface area contributed by atoms with Crippen LogP contribution in [0.5, 0.6) is 0 Å². The highest BCUT2D eigenvalue weighted by Crippen LogP contribution is 2.13. The molecule has 1 saturated heterocycles. The molecule has 0 amide bonds. The molecule has 16 heavy (non-hydrogen) atoms. The lowest BCUT2D eigenvalue weighted by Gasteiger charge is -2.17. The fourth-order valence-corrected chi connectivity index (χ4v) is 3.54. The number of nitrogens with one attached hydrogen (secondary N) is 1. The van der Waals surface area contributed by atoms with Crippen LogP contribution in [0.15, 0.2) is 0 Å². The molecule has 3 N–H and O–H groups in total. The minimum absolute atomic E-state index is 0.000399. The van der Waals surface area contributed by atoms with Crippen molar-refractivity contribution in [3.8, 4) is 0 Å². The molecule has 0 radical (unpaired) electrons. The first-order chi connectivity index (χ1) is 7.39. The molecule has 0 saturated carbocycles. The summed E-state index contributed by atoms with van der Waals surface area (Å²) in [5.41, 5.74) is 5.62. The van der Waals surface area contributed by atoms with Crippen LogP contribution in [0.3, 0.4) is 0 Å². The average molecular weight is 250 g/mol. The first kappa shape index (κ1) is 13.9. The van der Waals surface area contributed by atoms with Gasteiger partial charge in [0.25, 0.3) is 0 Å². The van der Waals surface area contributed by atoms with E-state index >= 15 is 0 Å². The highest BCUT2D eigenvalue weighted by atomic mass is 32.2. The third-order valence-corrected chi connectivity index (χ3v) is 4.11. The summed E-state index contributed by atoms with van der Waals surface area (Å²) in [5, 5.41) is 0. The van der Waals surface area contributed by atoms with Gasteiger partial charge in [-0.05, 0) is 33.1 Å². The topological polar surface area (TPSA) is 81.4 Å². The van der Waals surface area contributed by atoms with E-state index in [1.54, 1.807) is 0 Å². The molecule has 1 heterocycles. The van der Waals surface area contributed by atoms with Crippen molar-refractivity contribution < 1.29 is 13.2 Å². The minimum Gasteiger partial charge on any atom is -0.377 e.